The highest BCUT2D eigenvalue weighted by molar-refractivity contribution is 9.10. The molecule has 0 heterocycles. The average Bonchev–Trinajstić information content (AvgIpc) is 2.32. The maximum Gasteiger partial charge on any atom is 0.134 e. The van der Waals surface area contributed by atoms with Crippen molar-refractivity contribution in [3.8, 4) is 5.75 Å². The second-order valence-corrected chi connectivity index (χ2v) is 5.32. The second-order valence-electron chi connectivity index (χ2n) is 4.46. The molecule has 88 valence electrons. The Kier molecular flexibility index (Phi) is 4.24. The van der Waals surface area contributed by atoms with Crippen LogP contribution in [0.3, 0.4) is 0 Å². The van der Waals surface area contributed by atoms with Crippen molar-refractivity contribution in [2.45, 2.75) is 44.7 Å². The number of halogens is 1. The molecule has 0 saturated heterocycles. The summed E-state index contributed by atoms with van der Waals surface area (Å²) in [6.07, 6.45) is 6.59. The topological polar surface area (TPSA) is 32.3 Å². The van der Waals surface area contributed by atoms with Crippen molar-refractivity contribution in [3.05, 3.63) is 28.2 Å². The fourth-order valence-electron chi connectivity index (χ4n) is 2.26. The molecule has 0 bridgehead atoms. The minimum atomic E-state index is 0.366. The van der Waals surface area contributed by atoms with Gasteiger partial charge in [-0.3, -0.25) is 0 Å². The van der Waals surface area contributed by atoms with E-state index in [1.54, 1.807) is 0 Å². The zero-order valence-corrected chi connectivity index (χ0v) is 11.0. The predicted molar refractivity (Wildman–Crippen MR) is 69.5 cm³/mol. The molecule has 1 aliphatic carbocycles. The largest absolute Gasteiger partial charge is 0.506 e. The van der Waals surface area contributed by atoms with Crippen LogP contribution in [0.15, 0.2) is 22.7 Å². The van der Waals surface area contributed by atoms with E-state index in [4.69, 9.17) is 0 Å². The van der Waals surface area contributed by atoms with Crippen LogP contribution in [0.25, 0.3) is 0 Å². The summed E-state index contributed by atoms with van der Waals surface area (Å²) in [6.45, 7) is 0.760. The highest BCUT2D eigenvalue weighted by Gasteiger charge is 2.13. The van der Waals surface area contributed by atoms with E-state index in [1.165, 1.54) is 32.1 Å². The molecule has 0 aromatic heterocycles. The van der Waals surface area contributed by atoms with Crippen molar-refractivity contribution in [2.24, 2.45) is 0 Å². The maximum atomic E-state index is 9.84. The lowest BCUT2D eigenvalue weighted by atomic mass is 9.95. The van der Waals surface area contributed by atoms with Gasteiger partial charge in [0.05, 0.1) is 4.47 Å². The third-order valence-electron chi connectivity index (χ3n) is 3.26. The average molecular weight is 284 g/mol. The number of hydrogen-bond acceptors (Lipinski definition) is 2. The quantitative estimate of drug-likeness (QED) is 0.889. The van der Waals surface area contributed by atoms with Crippen molar-refractivity contribution >= 4 is 15.9 Å². The minimum absolute atomic E-state index is 0.366. The van der Waals surface area contributed by atoms with Gasteiger partial charge in [0.25, 0.3) is 0 Å². The number of benzene rings is 1. The number of phenols is 1. The molecule has 2 N–H and O–H groups in total. The molecule has 0 atom stereocenters. The summed E-state index contributed by atoms with van der Waals surface area (Å²) in [6, 6.07) is 6.42. The number of nitrogens with one attached hydrogen (secondary N) is 1. The van der Waals surface area contributed by atoms with E-state index in [1.807, 2.05) is 18.2 Å². The van der Waals surface area contributed by atoms with Crippen LogP contribution in [0, 0.1) is 0 Å². The third kappa shape index (κ3) is 2.98. The van der Waals surface area contributed by atoms with Crippen LogP contribution in [-0.4, -0.2) is 11.1 Å². The van der Waals surface area contributed by atoms with Gasteiger partial charge in [0.1, 0.15) is 5.75 Å². The highest BCUT2D eigenvalue weighted by atomic mass is 79.9. The van der Waals surface area contributed by atoms with E-state index >= 15 is 0 Å². The van der Waals surface area contributed by atoms with Gasteiger partial charge in [0.15, 0.2) is 0 Å². The Bertz CT molecular complexity index is 348. The maximum absolute atomic E-state index is 9.84. The molecule has 0 amide bonds. The first-order valence-corrected chi connectivity index (χ1v) is 6.76. The van der Waals surface area contributed by atoms with Gasteiger partial charge in [-0.25, -0.2) is 0 Å². The molecule has 1 aromatic rings. The zero-order valence-electron chi connectivity index (χ0n) is 9.38. The van der Waals surface area contributed by atoms with Gasteiger partial charge < -0.3 is 10.4 Å². The summed E-state index contributed by atoms with van der Waals surface area (Å²) in [7, 11) is 0. The standard InChI is InChI=1S/C13H18BrNO/c14-12-8-4-5-10(13(12)16)9-15-11-6-2-1-3-7-11/h4-5,8,11,15-16H,1-3,6-7,9H2. The monoisotopic (exact) mass is 283 g/mol. The van der Waals surface area contributed by atoms with E-state index in [2.05, 4.69) is 21.2 Å². The molecule has 16 heavy (non-hydrogen) atoms. The van der Waals surface area contributed by atoms with Crippen molar-refractivity contribution in [1.82, 2.24) is 5.32 Å². The van der Waals surface area contributed by atoms with Crippen LogP contribution in [0.2, 0.25) is 0 Å². The van der Waals surface area contributed by atoms with Crippen LogP contribution in [0.5, 0.6) is 5.75 Å². The number of aromatic hydroxyl groups is 1. The summed E-state index contributed by atoms with van der Waals surface area (Å²) in [4.78, 5) is 0. The molecule has 1 aromatic carbocycles. The van der Waals surface area contributed by atoms with E-state index in [0.717, 1.165) is 16.6 Å². The molecule has 0 spiro atoms. The van der Waals surface area contributed by atoms with Crippen molar-refractivity contribution in [3.63, 3.8) is 0 Å². The first kappa shape index (κ1) is 11.9. The van der Waals surface area contributed by atoms with Crippen LogP contribution in [0.1, 0.15) is 37.7 Å². The molecule has 2 rings (SSSR count). The Morgan fingerprint density at radius 3 is 2.75 bits per heavy atom. The molecule has 1 fully saturated rings. The third-order valence-corrected chi connectivity index (χ3v) is 3.90. The minimum Gasteiger partial charge on any atom is -0.506 e. The number of hydrogen-bond donors (Lipinski definition) is 2. The van der Waals surface area contributed by atoms with Crippen molar-refractivity contribution in [1.29, 1.82) is 0 Å². The van der Waals surface area contributed by atoms with E-state index in [0.29, 0.717) is 11.8 Å². The lowest BCUT2D eigenvalue weighted by molar-refractivity contribution is 0.368. The molecule has 3 heteroatoms. The summed E-state index contributed by atoms with van der Waals surface area (Å²) >= 11 is 3.33. The SMILES string of the molecule is Oc1c(Br)cccc1CNC1CCCCC1. The smallest absolute Gasteiger partial charge is 0.134 e. The first-order chi connectivity index (χ1) is 7.77. The number of phenolic OH excluding ortho intramolecular Hbond substituents is 1. The van der Waals surface area contributed by atoms with Gasteiger partial charge in [0, 0.05) is 18.2 Å². The summed E-state index contributed by atoms with van der Waals surface area (Å²) < 4.78 is 0.774. The van der Waals surface area contributed by atoms with Crippen LogP contribution >= 0.6 is 15.9 Å². The fraction of sp³-hybridized carbons (Fsp3) is 0.538. The van der Waals surface area contributed by atoms with Gasteiger partial charge >= 0.3 is 0 Å². The zero-order chi connectivity index (χ0) is 11.4. The van der Waals surface area contributed by atoms with Gasteiger partial charge in [-0.1, -0.05) is 31.4 Å². The van der Waals surface area contributed by atoms with Crippen molar-refractivity contribution < 1.29 is 5.11 Å². The Morgan fingerprint density at radius 1 is 1.25 bits per heavy atom. The number of para-hydroxylation sites is 1. The lowest BCUT2D eigenvalue weighted by Crippen LogP contribution is -2.30. The molecule has 0 aliphatic heterocycles. The van der Waals surface area contributed by atoms with E-state index in [-0.39, 0.29) is 0 Å². The molecular formula is C13H18BrNO. The van der Waals surface area contributed by atoms with E-state index < -0.39 is 0 Å². The normalized spacial score (nSPS) is 17.6. The Labute approximate surface area is 105 Å². The van der Waals surface area contributed by atoms with Crippen LogP contribution < -0.4 is 5.32 Å². The molecule has 0 unspecified atom stereocenters. The predicted octanol–water partition coefficient (Wildman–Crippen LogP) is 3.58. The fourth-order valence-corrected chi connectivity index (χ4v) is 2.67. The van der Waals surface area contributed by atoms with E-state index in [9.17, 15) is 5.11 Å². The van der Waals surface area contributed by atoms with Gasteiger partial charge in [0.2, 0.25) is 0 Å². The highest BCUT2D eigenvalue weighted by Crippen LogP contribution is 2.27. The summed E-state index contributed by atoms with van der Waals surface area (Å²) in [5, 5.41) is 13.4. The summed E-state index contributed by atoms with van der Waals surface area (Å²) in [5.41, 5.74) is 0.972. The van der Waals surface area contributed by atoms with Crippen LogP contribution in [-0.2, 0) is 6.54 Å². The van der Waals surface area contributed by atoms with Gasteiger partial charge in [-0.2, -0.15) is 0 Å². The first-order valence-electron chi connectivity index (χ1n) is 5.97. The van der Waals surface area contributed by atoms with Gasteiger partial charge in [-0.15, -0.1) is 0 Å². The Hall–Kier alpha value is -0.540. The summed E-state index contributed by atoms with van der Waals surface area (Å²) in [5.74, 6) is 0.366. The molecule has 0 radical (unpaired) electrons. The molecule has 2 nitrogen and oxygen atoms in total. The molecule has 1 saturated carbocycles. The van der Waals surface area contributed by atoms with Crippen molar-refractivity contribution in [2.75, 3.05) is 0 Å². The number of rotatable bonds is 3. The van der Waals surface area contributed by atoms with Crippen LogP contribution in [0.4, 0.5) is 0 Å². The Balaban J connectivity index is 1.91. The second kappa shape index (κ2) is 5.69. The Morgan fingerprint density at radius 2 is 2.00 bits per heavy atom. The molecule has 1 aliphatic rings. The molecular weight excluding hydrogens is 266 g/mol. The lowest BCUT2D eigenvalue weighted by Gasteiger charge is -2.23. The van der Waals surface area contributed by atoms with Gasteiger partial charge in [-0.05, 0) is 34.8 Å².